The number of methoxy groups -OCH3 is 1. The number of hydrogen-bond donors (Lipinski definition) is 1. The van der Waals surface area contributed by atoms with E-state index in [1.54, 1.807) is 24.9 Å². The molecule has 2 aromatic carbocycles. The van der Waals surface area contributed by atoms with E-state index in [1.807, 2.05) is 12.1 Å². The van der Waals surface area contributed by atoms with Gasteiger partial charge in [0.1, 0.15) is 5.75 Å². The smallest absolute Gasteiger partial charge is 0.209 e. The van der Waals surface area contributed by atoms with Gasteiger partial charge in [0.15, 0.2) is 5.82 Å². The molecule has 0 unspecified atom stereocenters. The summed E-state index contributed by atoms with van der Waals surface area (Å²) in [5.41, 5.74) is 4.61. The minimum Gasteiger partial charge on any atom is -0.496 e. The molecule has 0 aliphatic carbocycles. The standard InChI is InChI=1S/C18H18ClN3OS/c1-11-6-12(2)8-13(7-11)10-24-18-20-17(21-22-18)15-9-14(19)4-5-16(15)23-3/h4-9H,10H2,1-3H3,(H,20,21,22). The first-order chi connectivity index (χ1) is 11.5. The van der Waals surface area contributed by atoms with Gasteiger partial charge in [-0.05, 0) is 37.6 Å². The summed E-state index contributed by atoms with van der Waals surface area (Å²) in [7, 11) is 1.62. The summed E-state index contributed by atoms with van der Waals surface area (Å²) in [6.07, 6.45) is 0. The first kappa shape index (κ1) is 16.9. The molecule has 3 rings (SSSR count). The van der Waals surface area contributed by atoms with Crippen molar-refractivity contribution in [1.82, 2.24) is 15.2 Å². The molecule has 1 aromatic heterocycles. The molecule has 1 N–H and O–H groups in total. The number of nitrogens with one attached hydrogen (secondary N) is 1. The van der Waals surface area contributed by atoms with Crippen molar-refractivity contribution in [1.29, 1.82) is 0 Å². The maximum absolute atomic E-state index is 6.08. The van der Waals surface area contributed by atoms with Crippen LogP contribution in [-0.2, 0) is 5.75 Å². The molecule has 6 heteroatoms. The van der Waals surface area contributed by atoms with Crippen LogP contribution < -0.4 is 4.74 Å². The minimum absolute atomic E-state index is 0.631. The normalized spacial score (nSPS) is 10.8. The number of hydrogen-bond acceptors (Lipinski definition) is 4. The Balaban J connectivity index is 1.77. The zero-order chi connectivity index (χ0) is 17.1. The summed E-state index contributed by atoms with van der Waals surface area (Å²) in [6.45, 7) is 4.22. The van der Waals surface area contributed by atoms with Crippen molar-refractivity contribution >= 4 is 23.4 Å². The Morgan fingerprint density at radius 2 is 1.88 bits per heavy atom. The van der Waals surface area contributed by atoms with E-state index in [-0.39, 0.29) is 0 Å². The van der Waals surface area contributed by atoms with Crippen molar-refractivity contribution < 1.29 is 4.74 Å². The Hall–Kier alpha value is -1.98. The molecule has 0 bridgehead atoms. The van der Waals surface area contributed by atoms with Crippen LogP contribution in [0.15, 0.2) is 41.6 Å². The van der Waals surface area contributed by atoms with Crippen LogP contribution in [0, 0.1) is 13.8 Å². The Morgan fingerprint density at radius 3 is 2.58 bits per heavy atom. The number of nitrogens with zero attached hydrogens (tertiary/aromatic N) is 2. The van der Waals surface area contributed by atoms with E-state index in [1.165, 1.54) is 16.7 Å². The molecule has 3 aromatic rings. The van der Waals surface area contributed by atoms with Crippen molar-refractivity contribution in [2.45, 2.75) is 24.8 Å². The zero-order valence-electron chi connectivity index (χ0n) is 13.8. The number of H-pyrrole nitrogens is 1. The molecule has 0 aliphatic rings. The molecule has 1 heterocycles. The van der Waals surface area contributed by atoms with Crippen molar-refractivity contribution in [2.75, 3.05) is 7.11 Å². The molecule has 0 amide bonds. The Bertz CT molecular complexity index is 843. The molecule has 0 aliphatic heterocycles. The highest BCUT2D eigenvalue weighted by Crippen LogP contribution is 2.31. The van der Waals surface area contributed by atoms with Crippen LogP contribution in [0.4, 0.5) is 0 Å². The summed E-state index contributed by atoms with van der Waals surface area (Å²) >= 11 is 7.68. The highest BCUT2D eigenvalue weighted by Gasteiger charge is 2.12. The summed E-state index contributed by atoms with van der Waals surface area (Å²) in [6, 6.07) is 12.0. The lowest BCUT2D eigenvalue weighted by Crippen LogP contribution is -1.89. The summed E-state index contributed by atoms with van der Waals surface area (Å²) in [5, 5.41) is 8.58. The monoisotopic (exact) mass is 359 g/mol. The number of thioether (sulfide) groups is 1. The van der Waals surface area contributed by atoms with Crippen molar-refractivity contribution in [3.8, 4) is 17.1 Å². The third-order valence-corrected chi connectivity index (χ3v) is 4.68. The van der Waals surface area contributed by atoms with Gasteiger partial charge in [-0.2, -0.15) is 0 Å². The van der Waals surface area contributed by atoms with E-state index < -0.39 is 0 Å². The van der Waals surface area contributed by atoms with Gasteiger partial charge in [0.25, 0.3) is 0 Å². The van der Waals surface area contributed by atoms with Crippen molar-refractivity contribution in [3.05, 3.63) is 58.1 Å². The Morgan fingerprint density at radius 1 is 1.12 bits per heavy atom. The van der Waals surface area contributed by atoms with Crippen molar-refractivity contribution in [3.63, 3.8) is 0 Å². The van der Waals surface area contributed by atoms with E-state index in [4.69, 9.17) is 16.3 Å². The summed E-state index contributed by atoms with van der Waals surface area (Å²) in [4.78, 5) is 4.55. The lowest BCUT2D eigenvalue weighted by Gasteiger charge is -2.05. The predicted octanol–water partition coefficient (Wildman–Crippen LogP) is 5.04. The number of aromatic nitrogens is 3. The van der Waals surface area contributed by atoms with E-state index >= 15 is 0 Å². The number of rotatable bonds is 5. The molecule has 124 valence electrons. The molecule has 0 saturated carbocycles. The summed E-state index contributed by atoms with van der Waals surface area (Å²) < 4.78 is 5.37. The maximum atomic E-state index is 6.08. The number of ether oxygens (including phenoxy) is 1. The van der Waals surface area contributed by atoms with Gasteiger partial charge in [-0.25, -0.2) is 4.98 Å². The highest BCUT2D eigenvalue weighted by atomic mass is 35.5. The first-order valence-electron chi connectivity index (χ1n) is 7.51. The molecule has 0 spiro atoms. The van der Waals surface area contributed by atoms with Crippen LogP contribution >= 0.6 is 23.4 Å². The average Bonchev–Trinajstić information content (AvgIpc) is 3.01. The van der Waals surface area contributed by atoms with E-state index in [0.717, 1.165) is 11.3 Å². The van der Waals surface area contributed by atoms with E-state index in [9.17, 15) is 0 Å². The Labute approximate surface area is 150 Å². The summed E-state index contributed by atoms with van der Waals surface area (Å²) in [5.74, 6) is 2.19. The van der Waals surface area contributed by atoms with Crippen LogP contribution in [0.3, 0.4) is 0 Å². The van der Waals surface area contributed by atoms with Crippen LogP contribution in [-0.4, -0.2) is 22.3 Å². The Kier molecular flexibility index (Phi) is 5.11. The van der Waals surface area contributed by atoms with Gasteiger partial charge < -0.3 is 4.74 Å². The second-order valence-corrected chi connectivity index (χ2v) is 6.97. The van der Waals surface area contributed by atoms with E-state index in [0.29, 0.717) is 21.8 Å². The number of aromatic amines is 1. The molecule has 0 atom stereocenters. The van der Waals surface area contributed by atoms with Gasteiger partial charge in [0, 0.05) is 10.8 Å². The quantitative estimate of drug-likeness (QED) is 0.648. The molecule has 24 heavy (non-hydrogen) atoms. The van der Waals surface area contributed by atoms with Crippen LogP contribution in [0.5, 0.6) is 5.75 Å². The second-order valence-electron chi connectivity index (χ2n) is 5.60. The fourth-order valence-corrected chi connectivity index (χ4v) is 3.50. The topological polar surface area (TPSA) is 50.8 Å². The number of benzene rings is 2. The SMILES string of the molecule is COc1ccc(Cl)cc1-c1nc(SCc2cc(C)cc(C)c2)n[nH]1. The molecule has 0 saturated heterocycles. The molecular weight excluding hydrogens is 342 g/mol. The molecular formula is C18H18ClN3OS. The average molecular weight is 360 g/mol. The predicted molar refractivity (Wildman–Crippen MR) is 98.9 cm³/mol. The maximum Gasteiger partial charge on any atom is 0.209 e. The van der Waals surface area contributed by atoms with Gasteiger partial charge in [-0.1, -0.05) is 52.7 Å². The van der Waals surface area contributed by atoms with Crippen LogP contribution in [0.1, 0.15) is 16.7 Å². The van der Waals surface area contributed by atoms with Gasteiger partial charge in [-0.15, -0.1) is 5.10 Å². The highest BCUT2D eigenvalue weighted by molar-refractivity contribution is 7.98. The largest absolute Gasteiger partial charge is 0.496 e. The fourth-order valence-electron chi connectivity index (χ4n) is 2.60. The third-order valence-electron chi connectivity index (χ3n) is 3.53. The number of aryl methyl sites for hydroxylation is 2. The second kappa shape index (κ2) is 7.28. The molecule has 4 nitrogen and oxygen atoms in total. The lowest BCUT2D eigenvalue weighted by molar-refractivity contribution is 0.416. The zero-order valence-corrected chi connectivity index (χ0v) is 15.3. The van der Waals surface area contributed by atoms with Crippen LogP contribution in [0.25, 0.3) is 11.4 Å². The van der Waals surface area contributed by atoms with E-state index in [2.05, 4.69) is 47.2 Å². The van der Waals surface area contributed by atoms with Gasteiger partial charge in [0.2, 0.25) is 5.16 Å². The van der Waals surface area contributed by atoms with Gasteiger partial charge in [0.05, 0.1) is 12.7 Å². The number of halogens is 1. The van der Waals surface area contributed by atoms with Gasteiger partial charge >= 0.3 is 0 Å². The lowest BCUT2D eigenvalue weighted by atomic mass is 10.1. The third kappa shape index (κ3) is 3.91. The fraction of sp³-hybridized carbons (Fsp3) is 0.222. The molecule has 0 fully saturated rings. The van der Waals surface area contributed by atoms with Crippen molar-refractivity contribution in [2.24, 2.45) is 0 Å². The minimum atomic E-state index is 0.631. The van der Waals surface area contributed by atoms with Gasteiger partial charge in [-0.3, -0.25) is 5.10 Å². The first-order valence-corrected chi connectivity index (χ1v) is 8.88. The molecule has 0 radical (unpaired) electrons. The van der Waals surface area contributed by atoms with Crippen LogP contribution in [0.2, 0.25) is 5.02 Å².